The third-order valence-electron chi connectivity index (χ3n) is 2.55. The second kappa shape index (κ2) is 12.1. The molecule has 0 fully saturated rings. The lowest BCUT2D eigenvalue weighted by Gasteiger charge is -1.99. The highest BCUT2D eigenvalue weighted by molar-refractivity contribution is 5.72. The molecule has 3 N–H and O–H groups in total. The van der Waals surface area contributed by atoms with Crippen molar-refractivity contribution in [3.05, 3.63) is 29.8 Å². The molecule has 0 aromatic heterocycles. The third kappa shape index (κ3) is 10.0. The van der Waals surface area contributed by atoms with Gasteiger partial charge in [-0.2, -0.15) is 0 Å². The first-order valence-electron chi connectivity index (χ1n) is 7.12. The summed E-state index contributed by atoms with van der Waals surface area (Å²) >= 11 is 0. The SMILES string of the molecule is CCCC#CCCCC.Nc1ccccc1CC(=O)O. The number of rotatable bonds is 5. The maximum atomic E-state index is 10.3. The van der Waals surface area contributed by atoms with Gasteiger partial charge in [0.2, 0.25) is 0 Å². The number of anilines is 1. The molecule has 3 nitrogen and oxygen atoms in total. The molecule has 0 heterocycles. The van der Waals surface area contributed by atoms with Gasteiger partial charge in [-0.15, -0.1) is 11.8 Å². The van der Waals surface area contributed by atoms with Crippen LogP contribution in [-0.4, -0.2) is 11.1 Å². The predicted molar refractivity (Wildman–Crippen MR) is 84.4 cm³/mol. The summed E-state index contributed by atoms with van der Waals surface area (Å²) in [4.78, 5) is 10.3. The molecular weight excluding hydrogens is 250 g/mol. The van der Waals surface area contributed by atoms with Gasteiger partial charge in [0.05, 0.1) is 6.42 Å². The van der Waals surface area contributed by atoms with Crippen LogP contribution in [-0.2, 0) is 11.2 Å². The number of para-hydroxylation sites is 1. The van der Waals surface area contributed by atoms with E-state index in [1.165, 1.54) is 19.3 Å². The Labute approximate surface area is 122 Å². The largest absolute Gasteiger partial charge is 0.481 e. The molecular formula is C17H25NO2. The first-order chi connectivity index (χ1) is 9.61. The average Bonchev–Trinajstić information content (AvgIpc) is 2.42. The molecule has 0 saturated carbocycles. The molecule has 0 atom stereocenters. The Morgan fingerprint density at radius 1 is 1.15 bits per heavy atom. The van der Waals surface area contributed by atoms with E-state index in [1.54, 1.807) is 24.3 Å². The smallest absolute Gasteiger partial charge is 0.307 e. The van der Waals surface area contributed by atoms with E-state index < -0.39 is 5.97 Å². The fourth-order valence-electron chi connectivity index (χ4n) is 1.43. The number of nitrogens with two attached hydrogens (primary N) is 1. The lowest BCUT2D eigenvalue weighted by molar-refractivity contribution is -0.136. The maximum absolute atomic E-state index is 10.3. The number of aliphatic carboxylic acids is 1. The Morgan fingerprint density at radius 3 is 2.35 bits per heavy atom. The van der Waals surface area contributed by atoms with E-state index >= 15 is 0 Å². The van der Waals surface area contributed by atoms with Crippen molar-refractivity contribution < 1.29 is 9.90 Å². The van der Waals surface area contributed by atoms with Crippen LogP contribution in [0.5, 0.6) is 0 Å². The van der Waals surface area contributed by atoms with Crippen LogP contribution in [0.2, 0.25) is 0 Å². The summed E-state index contributed by atoms with van der Waals surface area (Å²) in [7, 11) is 0. The molecule has 110 valence electrons. The molecule has 0 radical (unpaired) electrons. The van der Waals surface area contributed by atoms with Crippen molar-refractivity contribution >= 4 is 11.7 Å². The van der Waals surface area contributed by atoms with Gasteiger partial charge < -0.3 is 10.8 Å². The highest BCUT2D eigenvalue weighted by Crippen LogP contribution is 2.10. The van der Waals surface area contributed by atoms with Crippen LogP contribution in [0.1, 0.15) is 51.5 Å². The Balaban J connectivity index is 0.000000370. The van der Waals surface area contributed by atoms with Crippen LogP contribution >= 0.6 is 0 Å². The van der Waals surface area contributed by atoms with Crippen LogP contribution in [0.3, 0.4) is 0 Å². The summed E-state index contributed by atoms with van der Waals surface area (Å²) in [6, 6.07) is 6.96. The fraction of sp³-hybridized carbons (Fsp3) is 0.471. The van der Waals surface area contributed by atoms with E-state index in [2.05, 4.69) is 25.7 Å². The molecule has 0 spiro atoms. The van der Waals surface area contributed by atoms with Gasteiger partial charge in [-0.1, -0.05) is 38.5 Å². The molecule has 0 bridgehead atoms. The van der Waals surface area contributed by atoms with Gasteiger partial charge in [0.15, 0.2) is 0 Å². The third-order valence-corrected chi connectivity index (χ3v) is 2.55. The van der Waals surface area contributed by atoms with Gasteiger partial charge in [-0.25, -0.2) is 0 Å². The van der Waals surface area contributed by atoms with E-state index in [9.17, 15) is 4.79 Å². The monoisotopic (exact) mass is 275 g/mol. The number of nitrogen functional groups attached to an aromatic ring is 1. The lowest BCUT2D eigenvalue weighted by Crippen LogP contribution is -2.02. The zero-order chi connectivity index (χ0) is 15.2. The van der Waals surface area contributed by atoms with E-state index in [1.807, 2.05) is 0 Å². The Hall–Kier alpha value is -1.95. The van der Waals surface area contributed by atoms with E-state index in [0.717, 1.165) is 12.8 Å². The van der Waals surface area contributed by atoms with Crippen molar-refractivity contribution in [2.75, 3.05) is 5.73 Å². The normalized spacial score (nSPS) is 8.90. The number of carboxylic acids is 1. The lowest BCUT2D eigenvalue weighted by atomic mass is 10.1. The van der Waals surface area contributed by atoms with Crippen molar-refractivity contribution in [2.45, 2.75) is 52.4 Å². The second-order valence-corrected chi connectivity index (χ2v) is 4.48. The second-order valence-electron chi connectivity index (χ2n) is 4.48. The highest BCUT2D eigenvalue weighted by Gasteiger charge is 2.01. The molecule has 0 amide bonds. The summed E-state index contributed by atoms with van der Waals surface area (Å²) in [5.74, 6) is 5.40. The van der Waals surface area contributed by atoms with Gasteiger partial charge in [0.25, 0.3) is 0 Å². The molecule has 0 aliphatic carbocycles. The van der Waals surface area contributed by atoms with Crippen LogP contribution in [0.25, 0.3) is 0 Å². The zero-order valence-corrected chi connectivity index (χ0v) is 12.5. The first-order valence-corrected chi connectivity index (χ1v) is 7.12. The van der Waals surface area contributed by atoms with Crippen molar-refractivity contribution in [3.8, 4) is 11.8 Å². The Morgan fingerprint density at radius 2 is 1.80 bits per heavy atom. The summed E-state index contributed by atoms with van der Waals surface area (Å²) in [5, 5.41) is 8.44. The summed E-state index contributed by atoms with van der Waals surface area (Å²) in [5.41, 5.74) is 6.71. The van der Waals surface area contributed by atoms with E-state index in [4.69, 9.17) is 10.8 Å². The molecule has 0 aliphatic rings. The molecule has 1 aromatic carbocycles. The van der Waals surface area contributed by atoms with E-state index in [-0.39, 0.29) is 6.42 Å². The Bertz CT molecular complexity index is 444. The number of hydrogen-bond acceptors (Lipinski definition) is 2. The van der Waals surface area contributed by atoms with Crippen LogP contribution in [0.15, 0.2) is 24.3 Å². The minimum absolute atomic E-state index is 0.00727. The minimum Gasteiger partial charge on any atom is -0.481 e. The molecule has 0 unspecified atom stereocenters. The van der Waals surface area contributed by atoms with Crippen molar-refractivity contribution in [2.24, 2.45) is 0 Å². The summed E-state index contributed by atoms with van der Waals surface area (Å²) < 4.78 is 0. The number of benzene rings is 1. The number of hydrogen-bond donors (Lipinski definition) is 2. The molecule has 20 heavy (non-hydrogen) atoms. The van der Waals surface area contributed by atoms with Crippen molar-refractivity contribution in [1.82, 2.24) is 0 Å². The van der Waals surface area contributed by atoms with Crippen molar-refractivity contribution in [3.63, 3.8) is 0 Å². The summed E-state index contributed by atoms with van der Waals surface area (Å²) in [6.07, 6.45) is 5.88. The van der Waals surface area contributed by atoms with Gasteiger partial charge in [-0.05, 0) is 24.5 Å². The fourth-order valence-corrected chi connectivity index (χ4v) is 1.43. The zero-order valence-electron chi connectivity index (χ0n) is 12.5. The standard InChI is InChI=1S/C9H16.C8H9NO2/c1-3-5-7-9-8-6-4-2;9-7-4-2-1-3-6(7)5-8(10)11/h3-7H2,1-2H3;1-4H,5,9H2,(H,10,11). The van der Waals surface area contributed by atoms with Crippen LogP contribution < -0.4 is 5.73 Å². The van der Waals surface area contributed by atoms with Crippen LogP contribution in [0.4, 0.5) is 5.69 Å². The first kappa shape index (κ1) is 18.0. The molecule has 3 heteroatoms. The van der Waals surface area contributed by atoms with Gasteiger partial charge >= 0.3 is 5.97 Å². The molecule has 1 aromatic rings. The minimum atomic E-state index is -0.858. The quantitative estimate of drug-likeness (QED) is 0.487. The highest BCUT2D eigenvalue weighted by atomic mass is 16.4. The Kier molecular flexibility index (Phi) is 10.9. The maximum Gasteiger partial charge on any atom is 0.307 e. The van der Waals surface area contributed by atoms with Gasteiger partial charge in [0.1, 0.15) is 0 Å². The van der Waals surface area contributed by atoms with Gasteiger partial charge in [0, 0.05) is 18.5 Å². The molecule has 0 aliphatic heterocycles. The number of unbranched alkanes of at least 4 members (excludes halogenated alkanes) is 3. The predicted octanol–water partition coefficient (Wildman–Crippen LogP) is 3.88. The topological polar surface area (TPSA) is 63.3 Å². The van der Waals surface area contributed by atoms with Crippen molar-refractivity contribution in [1.29, 1.82) is 0 Å². The molecule has 1 rings (SSSR count). The summed E-state index contributed by atoms with van der Waals surface area (Å²) in [6.45, 7) is 4.36. The number of carbonyl (C=O) groups is 1. The van der Waals surface area contributed by atoms with E-state index in [0.29, 0.717) is 11.3 Å². The number of carboxylic acid groups (broad SMARTS) is 1. The van der Waals surface area contributed by atoms with Gasteiger partial charge in [-0.3, -0.25) is 4.79 Å². The average molecular weight is 275 g/mol. The molecule has 0 saturated heterocycles. The van der Waals surface area contributed by atoms with Crippen LogP contribution in [0, 0.1) is 11.8 Å².